The maximum absolute atomic E-state index is 12.2. The molecular formula is C17H15N3O5. The topological polar surface area (TPSA) is 107 Å². The largest absolute Gasteiger partial charge is 0.459 e. The number of carbonyl (C=O) groups is 1. The molecule has 25 heavy (non-hydrogen) atoms. The number of nitrogens with one attached hydrogen (secondary N) is 1. The van der Waals surface area contributed by atoms with E-state index < -0.39 is 22.4 Å². The predicted octanol–water partition coefficient (Wildman–Crippen LogP) is 2.38. The molecule has 0 saturated carbocycles. The number of nitro groups is 1. The average molecular weight is 341 g/mol. The number of benzene rings is 1. The highest BCUT2D eigenvalue weighted by Gasteiger charge is 2.16. The van der Waals surface area contributed by atoms with Crippen molar-refractivity contribution in [2.45, 2.75) is 19.5 Å². The number of para-hydroxylation sites is 1. The van der Waals surface area contributed by atoms with Gasteiger partial charge in [0.15, 0.2) is 0 Å². The lowest BCUT2D eigenvalue weighted by Crippen LogP contribution is -2.33. The number of pyridine rings is 1. The van der Waals surface area contributed by atoms with E-state index >= 15 is 0 Å². The normalized spacial score (nSPS) is 12.0. The van der Waals surface area contributed by atoms with Gasteiger partial charge in [0, 0.05) is 17.5 Å². The number of hydrogen-bond donors (Lipinski definition) is 1. The van der Waals surface area contributed by atoms with Gasteiger partial charge >= 0.3 is 0 Å². The van der Waals surface area contributed by atoms with Crippen LogP contribution < -0.4 is 10.9 Å². The summed E-state index contributed by atoms with van der Waals surface area (Å²) in [5, 5.41) is 14.4. The van der Waals surface area contributed by atoms with E-state index in [4.69, 9.17) is 4.42 Å². The van der Waals surface area contributed by atoms with Crippen molar-refractivity contribution >= 4 is 22.6 Å². The quantitative estimate of drug-likeness (QED) is 0.566. The first-order chi connectivity index (χ1) is 11.9. The lowest BCUT2D eigenvalue weighted by Gasteiger charge is -2.12. The van der Waals surface area contributed by atoms with Crippen molar-refractivity contribution in [2.75, 3.05) is 0 Å². The predicted molar refractivity (Wildman–Crippen MR) is 90.1 cm³/mol. The van der Waals surface area contributed by atoms with Crippen LogP contribution >= 0.6 is 0 Å². The third-order valence-corrected chi connectivity index (χ3v) is 3.74. The van der Waals surface area contributed by atoms with Gasteiger partial charge in [0.25, 0.3) is 11.2 Å². The van der Waals surface area contributed by atoms with Gasteiger partial charge in [0.1, 0.15) is 17.9 Å². The third-order valence-electron chi connectivity index (χ3n) is 3.74. The van der Waals surface area contributed by atoms with E-state index in [1.165, 1.54) is 0 Å². The summed E-state index contributed by atoms with van der Waals surface area (Å²) in [4.78, 5) is 34.1. The van der Waals surface area contributed by atoms with Crippen molar-refractivity contribution in [3.8, 4) is 0 Å². The fourth-order valence-electron chi connectivity index (χ4n) is 2.48. The first kappa shape index (κ1) is 16.4. The molecule has 1 unspecified atom stereocenters. The highest BCUT2D eigenvalue weighted by Crippen LogP contribution is 2.23. The molecule has 0 radical (unpaired) electrons. The molecule has 1 N–H and O–H groups in total. The minimum absolute atomic E-state index is 0.252. The van der Waals surface area contributed by atoms with Crippen LogP contribution in [0.25, 0.3) is 11.0 Å². The Bertz CT molecular complexity index is 972. The molecule has 2 heterocycles. The standard InChI is InChI=1S/C17H15N3O5/c1-11(15-8-12-4-2-3-5-14(12)25-15)18-16(21)10-19-9-13(20(23)24)6-7-17(19)22/h2-9,11H,10H2,1H3,(H,18,21). The zero-order chi connectivity index (χ0) is 18.0. The van der Waals surface area contributed by atoms with Crippen LogP contribution in [0.4, 0.5) is 5.69 Å². The summed E-state index contributed by atoms with van der Waals surface area (Å²) in [5.74, 6) is 0.136. The number of rotatable bonds is 5. The second-order valence-corrected chi connectivity index (χ2v) is 5.59. The second kappa shape index (κ2) is 6.60. The molecule has 3 aromatic rings. The van der Waals surface area contributed by atoms with Crippen molar-refractivity contribution in [1.82, 2.24) is 9.88 Å². The van der Waals surface area contributed by atoms with Crippen LogP contribution in [0.2, 0.25) is 0 Å². The first-order valence-corrected chi connectivity index (χ1v) is 7.57. The molecular weight excluding hydrogens is 326 g/mol. The van der Waals surface area contributed by atoms with E-state index in [1.54, 1.807) is 6.92 Å². The van der Waals surface area contributed by atoms with Gasteiger partial charge in [0.05, 0.1) is 17.2 Å². The Morgan fingerprint density at radius 1 is 1.32 bits per heavy atom. The summed E-state index contributed by atoms with van der Waals surface area (Å²) in [7, 11) is 0. The first-order valence-electron chi connectivity index (χ1n) is 7.57. The lowest BCUT2D eigenvalue weighted by molar-refractivity contribution is -0.385. The number of fused-ring (bicyclic) bond motifs is 1. The van der Waals surface area contributed by atoms with Gasteiger partial charge in [-0.2, -0.15) is 0 Å². The Morgan fingerprint density at radius 3 is 2.80 bits per heavy atom. The van der Waals surface area contributed by atoms with Gasteiger partial charge in [0.2, 0.25) is 5.91 Å². The Hall–Kier alpha value is -3.42. The molecule has 128 valence electrons. The second-order valence-electron chi connectivity index (χ2n) is 5.59. The zero-order valence-electron chi connectivity index (χ0n) is 13.3. The number of nitrogens with zero attached hydrogens (tertiary/aromatic N) is 2. The van der Waals surface area contributed by atoms with E-state index in [9.17, 15) is 19.7 Å². The van der Waals surface area contributed by atoms with Gasteiger partial charge in [-0.1, -0.05) is 18.2 Å². The monoisotopic (exact) mass is 341 g/mol. The van der Waals surface area contributed by atoms with Crippen LogP contribution in [0.15, 0.2) is 57.9 Å². The van der Waals surface area contributed by atoms with Crippen molar-refractivity contribution < 1.29 is 14.1 Å². The zero-order valence-corrected chi connectivity index (χ0v) is 13.3. The molecule has 1 aromatic carbocycles. The van der Waals surface area contributed by atoms with Gasteiger partial charge in [-0.25, -0.2) is 0 Å². The van der Waals surface area contributed by atoms with Crippen molar-refractivity contribution in [3.05, 3.63) is 74.9 Å². The van der Waals surface area contributed by atoms with Crippen LogP contribution in [-0.4, -0.2) is 15.4 Å². The minimum atomic E-state index is -0.620. The van der Waals surface area contributed by atoms with E-state index in [-0.39, 0.29) is 12.2 Å². The van der Waals surface area contributed by atoms with E-state index in [1.807, 2.05) is 30.3 Å². The molecule has 0 fully saturated rings. The molecule has 0 aliphatic heterocycles. The number of aromatic nitrogens is 1. The number of amides is 1. The number of hydrogen-bond acceptors (Lipinski definition) is 5. The molecule has 0 bridgehead atoms. The summed E-state index contributed by atoms with van der Waals surface area (Å²) in [6, 6.07) is 11.1. The molecule has 2 aromatic heterocycles. The van der Waals surface area contributed by atoms with Gasteiger partial charge in [-0.05, 0) is 19.1 Å². The molecule has 1 atom stereocenters. The van der Waals surface area contributed by atoms with Crippen LogP contribution in [0.1, 0.15) is 18.7 Å². The summed E-state index contributed by atoms with van der Waals surface area (Å²) >= 11 is 0. The Balaban J connectivity index is 1.73. The minimum Gasteiger partial charge on any atom is -0.459 e. The Kier molecular flexibility index (Phi) is 4.34. The molecule has 0 saturated heterocycles. The fourth-order valence-corrected chi connectivity index (χ4v) is 2.48. The SMILES string of the molecule is CC(NC(=O)Cn1cc([N+](=O)[O-])ccc1=O)c1cc2ccccc2o1. The molecule has 8 nitrogen and oxygen atoms in total. The smallest absolute Gasteiger partial charge is 0.285 e. The lowest BCUT2D eigenvalue weighted by atomic mass is 10.2. The van der Waals surface area contributed by atoms with Crippen molar-refractivity contribution in [3.63, 3.8) is 0 Å². The van der Waals surface area contributed by atoms with Crippen molar-refractivity contribution in [2.24, 2.45) is 0 Å². The Labute approximate surface area is 141 Å². The summed E-state index contributed by atoms with van der Waals surface area (Å²) < 4.78 is 6.68. The molecule has 0 aliphatic carbocycles. The molecule has 0 aliphatic rings. The van der Waals surface area contributed by atoms with E-state index in [0.717, 1.165) is 28.3 Å². The van der Waals surface area contributed by atoms with E-state index in [0.29, 0.717) is 11.3 Å². The summed E-state index contributed by atoms with van der Waals surface area (Å²) in [6.45, 7) is 1.44. The van der Waals surface area contributed by atoms with Crippen LogP contribution in [0, 0.1) is 10.1 Å². The van der Waals surface area contributed by atoms with Gasteiger partial charge in [-0.15, -0.1) is 0 Å². The molecule has 3 rings (SSSR count). The number of furan rings is 1. The summed E-state index contributed by atoms with van der Waals surface area (Å²) in [6.07, 6.45) is 1.05. The maximum Gasteiger partial charge on any atom is 0.285 e. The maximum atomic E-state index is 12.2. The average Bonchev–Trinajstić information content (AvgIpc) is 3.01. The van der Waals surface area contributed by atoms with E-state index in [2.05, 4.69) is 5.32 Å². The highest BCUT2D eigenvalue weighted by molar-refractivity contribution is 5.79. The van der Waals surface area contributed by atoms with Gasteiger partial charge in [-0.3, -0.25) is 24.3 Å². The summed E-state index contributed by atoms with van der Waals surface area (Å²) in [5.41, 5.74) is -0.0247. The number of carbonyl (C=O) groups excluding carboxylic acids is 1. The molecule has 8 heteroatoms. The van der Waals surface area contributed by atoms with Crippen LogP contribution in [0.3, 0.4) is 0 Å². The molecule has 0 spiro atoms. The third kappa shape index (κ3) is 3.57. The van der Waals surface area contributed by atoms with Gasteiger partial charge < -0.3 is 9.73 Å². The molecule has 1 amide bonds. The van der Waals surface area contributed by atoms with Crippen LogP contribution in [0.5, 0.6) is 0 Å². The fraction of sp³-hybridized carbons (Fsp3) is 0.176. The Morgan fingerprint density at radius 2 is 2.08 bits per heavy atom. The van der Waals surface area contributed by atoms with Crippen molar-refractivity contribution in [1.29, 1.82) is 0 Å². The van der Waals surface area contributed by atoms with Crippen LogP contribution in [-0.2, 0) is 11.3 Å². The highest BCUT2D eigenvalue weighted by atomic mass is 16.6.